The first-order valence-corrected chi connectivity index (χ1v) is 31.5. The molecule has 0 aliphatic rings. The minimum atomic E-state index is -8.77. The maximum atomic E-state index is 14.8. The van der Waals surface area contributed by atoms with Crippen LogP contribution < -0.4 is 10.6 Å². The Morgan fingerprint density at radius 2 is 0.417 bits per heavy atom. The minimum Gasteiger partial charge on any atom is -0.349 e. The smallest absolute Gasteiger partial charge is 0.349 e. The number of nitrogens with zero attached hydrogens (tertiary/aromatic N) is 2. The molecule has 0 aromatic rings. The number of carbonyl (C=O) groups is 4. The number of hydrogen-bond acceptors (Lipinski definition) is 4. The van der Waals surface area contributed by atoms with Crippen LogP contribution in [0, 0.1) is 0 Å². The third-order valence-electron chi connectivity index (χ3n) is 15.9. The van der Waals surface area contributed by atoms with Gasteiger partial charge in [0.1, 0.15) is 0 Å². The van der Waals surface area contributed by atoms with Crippen LogP contribution >= 0.6 is 0 Å². The largest absolute Gasteiger partial charge is 0.460 e. The van der Waals surface area contributed by atoms with E-state index in [0.717, 1.165) is 128 Å². The van der Waals surface area contributed by atoms with Crippen LogP contribution in [-0.4, -0.2) is 156 Å². The number of hydrogen-bond donors (Lipinski definition) is 2. The Hall–Kier alpha value is -4.22. The monoisotopic (exact) mass is 1470 g/mol. The molecule has 0 aliphatic heterocycles. The summed E-state index contributed by atoms with van der Waals surface area (Å²) in [5, 5.41) is 1.41. The number of alkyl halides is 30. The summed E-state index contributed by atoms with van der Waals surface area (Å²) in [4.78, 5) is 52.6. The Morgan fingerprint density at radius 3 is 0.615 bits per heavy atom. The van der Waals surface area contributed by atoms with Crippen LogP contribution in [-0.2, 0) is 19.2 Å². The molecule has 2 N–H and O–H groups in total. The lowest BCUT2D eigenvalue weighted by atomic mass is 9.91. The van der Waals surface area contributed by atoms with Gasteiger partial charge in [0.2, 0.25) is 11.8 Å². The van der Waals surface area contributed by atoms with E-state index in [0.29, 0.717) is 59.0 Å². The number of halogens is 30. The number of amides is 4. The fourth-order valence-electron chi connectivity index (χ4n) is 9.62. The van der Waals surface area contributed by atoms with Crippen LogP contribution in [0.3, 0.4) is 0 Å². The van der Waals surface area contributed by atoms with Gasteiger partial charge in [0.15, 0.2) is 0 Å². The highest BCUT2D eigenvalue weighted by atomic mass is 19.4. The first kappa shape index (κ1) is 91.8. The van der Waals surface area contributed by atoms with Crippen LogP contribution in [0.25, 0.3) is 0 Å². The van der Waals surface area contributed by atoms with Crippen LogP contribution in [0.2, 0.25) is 0 Å². The van der Waals surface area contributed by atoms with Gasteiger partial charge in [0.05, 0.1) is 0 Å². The zero-order valence-corrected chi connectivity index (χ0v) is 52.7. The molecule has 0 saturated heterocycles. The highest BCUT2D eigenvalue weighted by Crippen LogP contribution is 2.64. The van der Waals surface area contributed by atoms with Gasteiger partial charge in [-0.2, -0.15) is 132 Å². The van der Waals surface area contributed by atoms with E-state index in [9.17, 15) is 151 Å². The maximum Gasteiger partial charge on any atom is 0.460 e. The van der Waals surface area contributed by atoms with E-state index in [-0.39, 0.29) is 25.7 Å². The molecule has 38 heteroatoms. The van der Waals surface area contributed by atoms with Crippen LogP contribution in [0.15, 0.2) is 0 Å². The van der Waals surface area contributed by atoms with Gasteiger partial charge in [-0.25, -0.2) is 0 Å². The first-order chi connectivity index (χ1) is 43.7. The standard InChI is InChI=1S/C58H84F30N4O4/c1-3-5-7-9-11-13-15-17-19-21-23-25-27-29-31-33-41(93)91(37-35-89-43(95)45(59,60)47(63,64)49(67,68)51(71,72)53(75,76)55(79,80)57(83,84)85)39-40-92(42(94)34-32-30-28-26-24-22-20-18-16-14-12-10-8-6-4-2)38-36-90-44(96)46(61,62)48(65,66)50(69,70)52(73,74)54(77,78)56(81,82)58(86,87)88/h3-40H2,1-2H3,(H,89,95)(H,90,96). The van der Waals surface area contributed by atoms with Gasteiger partial charge < -0.3 is 20.4 Å². The average molecular weight is 1470 g/mol. The quantitative estimate of drug-likeness (QED) is 0.0468. The zero-order chi connectivity index (χ0) is 74.7. The van der Waals surface area contributed by atoms with Crippen LogP contribution in [0.4, 0.5) is 132 Å². The summed E-state index contributed by atoms with van der Waals surface area (Å²) in [6.45, 7) is -4.31. The van der Waals surface area contributed by atoms with Crippen molar-refractivity contribution in [3.63, 3.8) is 0 Å². The second-order valence-corrected chi connectivity index (χ2v) is 23.6. The van der Waals surface area contributed by atoms with Gasteiger partial charge in [-0.15, -0.1) is 0 Å². The van der Waals surface area contributed by atoms with Crippen molar-refractivity contribution in [3.05, 3.63) is 0 Å². The topological polar surface area (TPSA) is 98.8 Å². The molecular formula is C58H84F30N4O4. The predicted molar refractivity (Wildman–Crippen MR) is 290 cm³/mol. The number of rotatable bonds is 53. The van der Waals surface area contributed by atoms with Crippen molar-refractivity contribution in [2.24, 2.45) is 0 Å². The van der Waals surface area contributed by atoms with Crippen molar-refractivity contribution >= 4 is 23.6 Å². The molecule has 0 spiro atoms. The fraction of sp³-hybridized carbons (Fsp3) is 0.931. The Labute approximate surface area is 536 Å². The van der Waals surface area contributed by atoms with Gasteiger partial charge in [-0.05, 0) is 12.8 Å². The molecule has 0 radical (unpaired) electrons. The van der Waals surface area contributed by atoms with Crippen molar-refractivity contribution in [3.8, 4) is 0 Å². The van der Waals surface area contributed by atoms with Crippen molar-refractivity contribution < 1.29 is 151 Å². The normalized spacial score (nSPS) is 14.1. The second-order valence-electron chi connectivity index (χ2n) is 23.6. The summed E-state index contributed by atoms with van der Waals surface area (Å²) in [6.07, 6.45) is 7.02. The summed E-state index contributed by atoms with van der Waals surface area (Å²) in [5.41, 5.74) is 0. The molecule has 4 amide bonds. The first-order valence-electron chi connectivity index (χ1n) is 31.5. The molecule has 0 atom stereocenters. The van der Waals surface area contributed by atoms with Crippen molar-refractivity contribution in [2.75, 3.05) is 39.3 Å². The molecule has 0 bridgehead atoms. The molecule has 96 heavy (non-hydrogen) atoms. The molecule has 0 unspecified atom stereocenters. The summed E-state index contributed by atoms with van der Waals surface area (Å²) < 4.78 is 416. The number of unbranched alkanes of at least 4 members (excludes halogenated alkanes) is 28. The third-order valence-corrected chi connectivity index (χ3v) is 15.9. The average Bonchev–Trinajstić information content (AvgIpc) is 0.709. The van der Waals surface area contributed by atoms with Gasteiger partial charge in [0, 0.05) is 52.1 Å². The summed E-state index contributed by atoms with van der Waals surface area (Å²) in [6, 6.07) is 0. The molecule has 0 aromatic carbocycles. The van der Waals surface area contributed by atoms with E-state index in [1.165, 1.54) is 0 Å². The molecule has 0 rings (SSSR count). The zero-order valence-electron chi connectivity index (χ0n) is 52.7. The van der Waals surface area contributed by atoms with E-state index in [1.807, 2.05) is 0 Å². The minimum absolute atomic E-state index is 0.0918. The lowest BCUT2D eigenvalue weighted by Gasteiger charge is -2.41. The summed E-state index contributed by atoms with van der Waals surface area (Å²) in [5.74, 6) is -111. The number of carbonyl (C=O) groups excluding carboxylic acids is 4. The van der Waals surface area contributed by atoms with E-state index in [1.54, 1.807) is 0 Å². The van der Waals surface area contributed by atoms with Gasteiger partial charge >= 0.3 is 83.4 Å². The molecular weight excluding hydrogens is 1390 g/mol. The molecule has 0 aromatic heterocycles. The Balaban J connectivity index is 6.91. The predicted octanol–water partition coefficient (Wildman–Crippen LogP) is 20.1. The number of nitrogens with one attached hydrogen (secondary N) is 2. The molecule has 0 heterocycles. The molecule has 0 aliphatic carbocycles. The highest BCUT2D eigenvalue weighted by Gasteiger charge is 2.95. The fourth-order valence-corrected chi connectivity index (χ4v) is 9.62. The molecule has 0 saturated carbocycles. The van der Waals surface area contributed by atoms with Crippen LogP contribution in [0.5, 0.6) is 0 Å². The Kier molecular flexibility index (Phi) is 36.9. The van der Waals surface area contributed by atoms with Gasteiger partial charge in [0.25, 0.3) is 11.8 Å². The van der Waals surface area contributed by atoms with E-state index in [2.05, 4.69) is 13.8 Å². The van der Waals surface area contributed by atoms with Crippen molar-refractivity contribution in [1.29, 1.82) is 0 Å². The van der Waals surface area contributed by atoms with E-state index >= 15 is 0 Å². The maximum absolute atomic E-state index is 14.8. The van der Waals surface area contributed by atoms with Gasteiger partial charge in [-0.1, -0.05) is 194 Å². The molecule has 0 fully saturated rings. The van der Waals surface area contributed by atoms with Gasteiger partial charge in [-0.3, -0.25) is 19.2 Å². The summed E-state index contributed by atoms with van der Waals surface area (Å²) >= 11 is 0. The Morgan fingerprint density at radius 1 is 0.240 bits per heavy atom. The highest BCUT2D eigenvalue weighted by molar-refractivity contribution is 5.85. The van der Waals surface area contributed by atoms with E-state index < -0.39 is 159 Å². The van der Waals surface area contributed by atoms with E-state index in [4.69, 9.17) is 0 Å². The van der Waals surface area contributed by atoms with Crippen LogP contribution in [0.1, 0.15) is 219 Å². The van der Waals surface area contributed by atoms with Crippen molar-refractivity contribution in [1.82, 2.24) is 20.4 Å². The second kappa shape index (κ2) is 38.5. The third kappa shape index (κ3) is 23.2. The SMILES string of the molecule is CCCCCCCCCCCCCCCCCC(=O)N(CCNC(=O)C(F)(F)C(F)(F)C(F)(F)C(F)(F)C(F)(F)C(F)(F)C(F)(F)F)CCN(CCNC(=O)C(F)(F)C(F)(F)C(F)(F)C(F)(F)C(F)(F)C(F)(F)C(F)(F)F)C(=O)CCCCCCCCCCCCCCCCC. The molecule has 8 nitrogen and oxygen atoms in total. The summed E-state index contributed by atoms with van der Waals surface area (Å²) in [7, 11) is 0. The lowest BCUT2D eigenvalue weighted by Crippen LogP contribution is -2.74. The Bertz CT molecular complexity index is 2130. The van der Waals surface area contributed by atoms with Crippen molar-refractivity contribution in [2.45, 2.75) is 303 Å². The lowest BCUT2D eigenvalue weighted by molar-refractivity contribution is -0.449. The molecule has 570 valence electrons.